The quantitative estimate of drug-likeness (QED) is 0.777. The van der Waals surface area contributed by atoms with E-state index in [1.807, 2.05) is 0 Å². The fourth-order valence-electron chi connectivity index (χ4n) is 3.64. The Balaban J connectivity index is 1.72. The number of hydrogen-bond donors (Lipinski definition) is 0. The first-order valence-corrected chi connectivity index (χ1v) is 10.6. The van der Waals surface area contributed by atoms with Gasteiger partial charge in [-0.1, -0.05) is 6.42 Å². The Morgan fingerprint density at radius 1 is 0.963 bits per heavy atom. The molecule has 0 radical (unpaired) electrons. The topological polar surface area (TPSA) is 57.7 Å². The number of piperidine rings is 2. The fraction of sp³-hybridized carbons (Fsp3) is 0.611. The maximum Gasteiger partial charge on any atom is 0.393 e. The molecular weight excluding hydrogens is 381 g/mol. The number of nitrogens with zero attached hydrogens (tertiary/aromatic N) is 2. The molecule has 0 N–H and O–H groups in total. The molecule has 0 unspecified atom stereocenters. The first-order chi connectivity index (χ1) is 12.7. The molecule has 2 aliphatic heterocycles. The maximum absolute atomic E-state index is 12.9. The molecule has 0 aromatic heterocycles. The highest BCUT2D eigenvalue weighted by atomic mass is 32.2. The van der Waals surface area contributed by atoms with Gasteiger partial charge in [-0.25, -0.2) is 8.42 Å². The van der Waals surface area contributed by atoms with Crippen LogP contribution in [0, 0.1) is 5.92 Å². The Morgan fingerprint density at radius 2 is 1.59 bits per heavy atom. The number of carbonyl (C=O) groups excluding carboxylic acids is 1. The lowest BCUT2D eigenvalue weighted by Crippen LogP contribution is -2.44. The van der Waals surface area contributed by atoms with Crippen molar-refractivity contribution in [3.8, 4) is 0 Å². The normalized spacial score (nSPS) is 22.6. The molecule has 1 atom stereocenters. The molecule has 27 heavy (non-hydrogen) atoms. The summed E-state index contributed by atoms with van der Waals surface area (Å²) in [7, 11) is -3.60. The minimum absolute atomic E-state index is 0.0281. The lowest BCUT2D eigenvalue weighted by Gasteiger charge is -2.33. The summed E-state index contributed by atoms with van der Waals surface area (Å²) in [5, 5.41) is 0. The summed E-state index contributed by atoms with van der Waals surface area (Å²) in [5.41, 5.74) is 0.204. The maximum atomic E-state index is 12.9. The molecule has 2 aliphatic rings. The average Bonchev–Trinajstić information content (AvgIpc) is 2.67. The van der Waals surface area contributed by atoms with E-state index < -0.39 is 28.0 Å². The van der Waals surface area contributed by atoms with Gasteiger partial charge in [0.1, 0.15) is 0 Å². The number of hydrogen-bond acceptors (Lipinski definition) is 3. The number of benzene rings is 1. The minimum Gasteiger partial charge on any atom is -0.338 e. The minimum atomic E-state index is -4.31. The zero-order chi connectivity index (χ0) is 19.7. The molecule has 1 aromatic carbocycles. The van der Waals surface area contributed by atoms with Crippen LogP contribution in [0.3, 0.4) is 0 Å². The van der Waals surface area contributed by atoms with Gasteiger partial charge in [0.25, 0.3) is 5.91 Å². The molecular formula is C18H23F3N2O3S. The summed E-state index contributed by atoms with van der Waals surface area (Å²) in [5.74, 6) is -2.00. The number of amides is 1. The highest BCUT2D eigenvalue weighted by molar-refractivity contribution is 7.89. The summed E-state index contributed by atoms with van der Waals surface area (Å²) in [6, 6.07) is 5.50. The van der Waals surface area contributed by atoms with Crippen LogP contribution in [-0.2, 0) is 10.0 Å². The van der Waals surface area contributed by atoms with Crippen molar-refractivity contribution in [2.75, 3.05) is 26.2 Å². The van der Waals surface area contributed by atoms with Crippen molar-refractivity contribution in [3.63, 3.8) is 0 Å². The Bertz CT molecular complexity index is 772. The van der Waals surface area contributed by atoms with Crippen molar-refractivity contribution in [1.82, 2.24) is 9.21 Å². The largest absolute Gasteiger partial charge is 0.393 e. The Kier molecular flexibility index (Phi) is 5.81. The van der Waals surface area contributed by atoms with E-state index in [2.05, 4.69) is 0 Å². The Hall–Kier alpha value is -1.61. The van der Waals surface area contributed by atoms with Gasteiger partial charge in [0.2, 0.25) is 10.0 Å². The lowest BCUT2D eigenvalue weighted by atomic mass is 9.97. The van der Waals surface area contributed by atoms with E-state index in [0.29, 0.717) is 19.5 Å². The van der Waals surface area contributed by atoms with Crippen LogP contribution in [0.5, 0.6) is 0 Å². The predicted octanol–water partition coefficient (Wildman–Crippen LogP) is 3.28. The summed E-state index contributed by atoms with van der Waals surface area (Å²) in [6.07, 6.45) is -1.33. The Morgan fingerprint density at radius 3 is 2.19 bits per heavy atom. The predicted molar refractivity (Wildman–Crippen MR) is 93.7 cm³/mol. The summed E-state index contributed by atoms with van der Waals surface area (Å²) >= 11 is 0. The van der Waals surface area contributed by atoms with E-state index in [1.165, 1.54) is 33.5 Å². The molecule has 3 rings (SSSR count). The average molecular weight is 404 g/mol. The van der Waals surface area contributed by atoms with Gasteiger partial charge >= 0.3 is 6.18 Å². The Labute approximate surface area is 157 Å². The molecule has 150 valence electrons. The van der Waals surface area contributed by atoms with Gasteiger partial charge in [-0.15, -0.1) is 0 Å². The number of likely N-dealkylation sites (tertiary alicyclic amines) is 1. The fourth-order valence-corrected chi connectivity index (χ4v) is 5.15. The van der Waals surface area contributed by atoms with Crippen LogP contribution < -0.4 is 0 Å². The molecule has 9 heteroatoms. The molecule has 2 heterocycles. The van der Waals surface area contributed by atoms with Gasteiger partial charge in [0.15, 0.2) is 0 Å². The van der Waals surface area contributed by atoms with Gasteiger partial charge < -0.3 is 4.90 Å². The van der Waals surface area contributed by atoms with E-state index in [1.54, 1.807) is 0 Å². The van der Waals surface area contributed by atoms with Crippen LogP contribution in [-0.4, -0.2) is 55.9 Å². The summed E-state index contributed by atoms with van der Waals surface area (Å²) in [4.78, 5) is 13.8. The number of carbonyl (C=O) groups is 1. The van der Waals surface area contributed by atoms with E-state index in [-0.39, 0.29) is 30.0 Å². The number of alkyl halides is 3. The molecule has 2 saturated heterocycles. The third-order valence-corrected chi connectivity index (χ3v) is 7.14. The molecule has 5 nitrogen and oxygen atoms in total. The van der Waals surface area contributed by atoms with Crippen molar-refractivity contribution in [2.45, 2.75) is 43.2 Å². The van der Waals surface area contributed by atoms with E-state index in [9.17, 15) is 26.4 Å². The van der Waals surface area contributed by atoms with Crippen LogP contribution in [0.4, 0.5) is 13.2 Å². The van der Waals surface area contributed by atoms with Gasteiger partial charge in [-0.2, -0.15) is 17.5 Å². The van der Waals surface area contributed by atoms with Crippen LogP contribution in [0.15, 0.2) is 29.2 Å². The molecule has 0 saturated carbocycles. The zero-order valence-corrected chi connectivity index (χ0v) is 15.7. The first-order valence-electron chi connectivity index (χ1n) is 9.16. The van der Waals surface area contributed by atoms with Crippen LogP contribution in [0.25, 0.3) is 0 Å². The summed E-state index contributed by atoms with van der Waals surface area (Å²) in [6.45, 7) is 0.890. The third-order valence-electron chi connectivity index (χ3n) is 5.23. The van der Waals surface area contributed by atoms with E-state index in [0.717, 1.165) is 19.3 Å². The van der Waals surface area contributed by atoms with Crippen molar-refractivity contribution >= 4 is 15.9 Å². The molecule has 0 spiro atoms. The van der Waals surface area contributed by atoms with E-state index in [4.69, 9.17) is 0 Å². The molecule has 2 fully saturated rings. The van der Waals surface area contributed by atoms with Gasteiger partial charge in [0, 0.05) is 31.7 Å². The highest BCUT2D eigenvalue weighted by Crippen LogP contribution is 2.33. The van der Waals surface area contributed by atoms with Crippen LogP contribution in [0.1, 0.15) is 42.5 Å². The SMILES string of the molecule is O=C(c1ccc(S(=O)(=O)N2CCCCC2)cc1)N1CCC[C@@H](C(F)(F)F)C1. The molecule has 1 amide bonds. The number of sulfonamides is 1. The first kappa shape index (κ1) is 20.1. The second kappa shape index (κ2) is 7.79. The van der Waals surface area contributed by atoms with Gasteiger partial charge in [-0.05, 0) is 49.9 Å². The molecule has 1 aromatic rings. The lowest BCUT2D eigenvalue weighted by molar-refractivity contribution is -0.184. The van der Waals surface area contributed by atoms with E-state index >= 15 is 0 Å². The monoisotopic (exact) mass is 404 g/mol. The number of rotatable bonds is 3. The number of halogens is 3. The third kappa shape index (κ3) is 4.45. The summed E-state index contributed by atoms with van der Waals surface area (Å²) < 4.78 is 65.5. The van der Waals surface area contributed by atoms with Crippen molar-refractivity contribution in [1.29, 1.82) is 0 Å². The molecule has 0 bridgehead atoms. The van der Waals surface area contributed by atoms with Crippen molar-refractivity contribution < 1.29 is 26.4 Å². The van der Waals surface area contributed by atoms with Gasteiger partial charge in [0.05, 0.1) is 10.8 Å². The smallest absolute Gasteiger partial charge is 0.338 e. The second-order valence-corrected chi connectivity index (χ2v) is 9.06. The van der Waals surface area contributed by atoms with Crippen LogP contribution in [0.2, 0.25) is 0 Å². The standard InChI is InChI=1S/C18H23F3N2O3S/c19-18(20,21)15-5-4-10-22(13-15)17(24)14-6-8-16(9-7-14)27(25,26)23-11-2-1-3-12-23/h6-9,15H,1-5,10-13H2/t15-/m1/s1. The van der Waals surface area contributed by atoms with Gasteiger partial charge in [-0.3, -0.25) is 4.79 Å². The highest BCUT2D eigenvalue weighted by Gasteiger charge is 2.42. The van der Waals surface area contributed by atoms with Crippen LogP contribution >= 0.6 is 0 Å². The zero-order valence-electron chi connectivity index (χ0n) is 14.9. The van der Waals surface area contributed by atoms with Crippen molar-refractivity contribution in [3.05, 3.63) is 29.8 Å². The van der Waals surface area contributed by atoms with Crippen molar-refractivity contribution in [2.24, 2.45) is 5.92 Å². The second-order valence-electron chi connectivity index (χ2n) is 7.12. The molecule has 0 aliphatic carbocycles.